The second kappa shape index (κ2) is 12.6. The van der Waals surface area contributed by atoms with Crippen molar-refractivity contribution in [1.82, 2.24) is 15.0 Å². The fraction of sp³-hybridized carbons (Fsp3) is 0.167. The Morgan fingerprint density at radius 3 is 2.27 bits per heavy atom. The van der Waals surface area contributed by atoms with Gasteiger partial charge in [0.25, 0.3) is 5.91 Å². The van der Waals surface area contributed by atoms with Crippen molar-refractivity contribution in [3.63, 3.8) is 0 Å². The highest BCUT2D eigenvalue weighted by Crippen LogP contribution is 2.30. The summed E-state index contributed by atoms with van der Waals surface area (Å²) in [4.78, 5) is 30.4. The Morgan fingerprint density at radius 1 is 0.927 bits per heavy atom. The summed E-state index contributed by atoms with van der Waals surface area (Å²) in [6.07, 6.45) is 1.27. The van der Waals surface area contributed by atoms with Gasteiger partial charge in [0.15, 0.2) is 0 Å². The molecule has 41 heavy (non-hydrogen) atoms. The van der Waals surface area contributed by atoms with Crippen molar-refractivity contribution in [2.75, 3.05) is 18.0 Å². The average molecular weight is 575 g/mol. The first-order valence-electron chi connectivity index (χ1n) is 12.7. The van der Waals surface area contributed by atoms with Gasteiger partial charge >= 0.3 is 0 Å². The van der Waals surface area contributed by atoms with Gasteiger partial charge in [-0.05, 0) is 48.4 Å². The van der Waals surface area contributed by atoms with Gasteiger partial charge in [-0.1, -0.05) is 42.5 Å². The van der Waals surface area contributed by atoms with Crippen molar-refractivity contribution in [3.05, 3.63) is 102 Å². The van der Waals surface area contributed by atoms with Crippen LogP contribution in [0.5, 0.6) is 11.5 Å². The zero-order valence-electron chi connectivity index (χ0n) is 22.5. The largest absolute Gasteiger partial charge is 0.508 e. The molecule has 0 aliphatic rings. The Hall–Kier alpha value is -4.74. The number of phenols is 2. The standard InChI is InChI=1S/C30H30N4O6S/c1-20-16-26(41(39,40)33-15-14-31-21(2)35)18-32-29(20)23-8-10-24(11-9-23)34(19-22-6-4-3-5-7-22)30(38)27-13-12-25(36)17-28(27)37/h3-13,16-18,33,36-37H,14-15,19H2,1-2H3,(H,31,35). The predicted molar refractivity (Wildman–Crippen MR) is 155 cm³/mol. The van der Waals surface area contributed by atoms with Crippen LogP contribution < -0.4 is 14.9 Å². The van der Waals surface area contributed by atoms with Crippen molar-refractivity contribution in [2.45, 2.75) is 25.3 Å². The van der Waals surface area contributed by atoms with Crippen LogP contribution in [-0.2, 0) is 21.4 Å². The van der Waals surface area contributed by atoms with Crippen LogP contribution in [0.1, 0.15) is 28.4 Å². The van der Waals surface area contributed by atoms with E-state index in [1.807, 2.05) is 30.3 Å². The quantitative estimate of drug-likeness (QED) is 0.211. The van der Waals surface area contributed by atoms with Gasteiger partial charge < -0.3 is 20.4 Å². The summed E-state index contributed by atoms with van der Waals surface area (Å²) in [7, 11) is -3.81. The van der Waals surface area contributed by atoms with Gasteiger partial charge in [0.1, 0.15) is 16.4 Å². The Morgan fingerprint density at radius 2 is 1.63 bits per heavy atom. The summed E-state index contributed by atoms with van der Waals surface area (Å²) in [6, 6.07) is 21.8. The summed E-state index contributed by atoms with van der Waals surface area (Å²) in [6.45, 7) is 3.56. The molecule has 0 unspecified atom stereocenters. The molecule has 11 heteroatoms. The molecule has 0 spiro atoms. The van der Waals surface area contributed by atoms with Gasteiger partial charge in [-0.15, -0.1) is 0 Å². The number of amides is 2. The Bertz CT molecular complexity index is 1660. The van der Waals surface area contributed by atoms with E-state index in [2.05, 4.69) is 15.0 Å². The molecule has 0 radical (unpaired) electrons. The maximum atomic E-state index is 13.5. The lowest BCUT2D eigenvalue weighted by molar-refractivity contribution is -0.118. The maximum absolute atomic E-state index is 13.5. The van der Waals surface area contributed by atoms with E-state index in [1.54, 1.807) is 31.2 Å². The third kappa shape index (κ3) is 7.27. The number of hydrogen-bond acceptors (Lipinski definition) is 7. The molecule has 0 bridgehead atoms. The van der Waals surface area contributed by atoms with E-state index in [4.69, 9.17) is 0 Å². The molecule has 0 saturated heterocycles. The average Bonchev–Trinajstić information content (AvgIpc) is 2.94. The van der Waals surface area contributed by atoms with Gasteiger partial charge in [-0.3, -0.25) is 14.6 Å². The lowest BCUT2D eigenvalue weighted by Crippen LogP contribution is -2.33. The number of benzene rings is 3. The third-order valence-corrected chi connectivity index (χ3v) is 7.68. The fourth-order valence-electron chi connectivity index (χ4n) is 4.20. The predicted octanol–water partition coefficient (Wildman–Crippen LogP) is 3.73. The van der Waals surface area contributed by atoms with E-state index in [9.17, 15) is 28.2 Å². The molecule has 0 aliphatic carbocycles. The minimum atomic E-state index is -3.81. The van der Waals surface area contributed by atoms with Crippen molar-refractivity contribution in [3.8, 4) is 22.8 Å². The number of aryl methyl sites for hydroxylation is 1. The van der Waals surface area contributed by atoms with Crippen LogP contribution in [0, 0.1) is 6.92 Å². The van der Waals surface area contributed by atoms with Crippen LogP contribution in [0.3, 0.4) is 0 Å². The summed E-state index contributed by atoms with van der Waals surface area (Å²) in [5.41, 5.74) is 3.41. The van der Waals surface area contributed by atoms with Crippen LogP contribution in [0.2, 0.25) is 0 Å². The van der Waals surface area contributed by atoms with E-state index in [-0.39, 0.29) is 47.5 Å². The van der Waals surface area contributed by atoms with Gasteiger partial charge in [0.05, 0.1) is 17.8 Å². The molecular formula is C30H30N4O6S. The SMILES string of the molecule is CC(=O)NCCNS(=O)(=O)c1cnc(-c2ccc(N(Cc3ccccc3)C(=O)c3ccc(O)cc3O)cc2)c(C)c1. The molecule has 3 aromatic carbocycles. The number of anilines is 1. The van der Waals surface area contributed by atoms with Crippen LogP contribution in [0.25, 0.3) is 11.3 Å². The first-order valence-corrected chi connectivity index (χ1v) is 14.2. The van der Waals surface area contributed by atoms with Crippen molar-refractivity contribution in [1.29, 1.82) is 0 Å². The number of rotatable bonds is 10. The van der Waals surface area contributed by atoms with E-state index in [0.29, 0.717) is 22.5 Å². The van der Waals surface area contributed by atoms with E-state index < -0.39 is 15.9 Å². The van der Waals surface area contributed by atoms with Crippen molar-refractivity contribution >= 4 is 27.5 Å². The molecule has 0 atom stereocenters. The van der Waals surface area contributed by atoms with E-state index in [0.717, 1.165) is 11.6 Å². The lowest BCUT2D eigenvalue weighted by atomic mass is 10.1. The molecule has 0 fully saturated rings. The minimum Gasteiger partial charge on any atom is -0.508 e. The van der Waals surface area contributed by atoms with Crippen LogP contribution in [0.4, 0.5) is 5.69 Å². The third-order valence-electron chi connectivity index (χ3n) is 6.25. The zero-order valence-corrected chi connectivity index (χ0v) is 23.4. The van der Waals surface area contributed by atoms with Crippen LogP contribution in [-0.4, -0.2) is 48.5 Å². The number of aromatic nitrogens is 1. The molecule has 10 nitrogen and oxygen atoms in total. The number of phenolic OH excluding ortho intramolecular Hbond substituents is 2. The molecule has 1 heterocycles. The molecule has 212 valence electrons. The number of sulfonamides is 1. The zero-order chi connectivity index (χ0) is 29.6. The number of aromatic hydroxyl groups is 2. The van der Waals surface area contributed by atoms with Crippen LogP contribution in [0.15, 0.2) is 90.0 Å². The van der Waals surface area contributed by atoms with Gasteiger partial charge in [0.2, 0.25) is 15.9 Å². The Labute approximate surface area is 238 Å². The Kier molecular flexibility index (Phi) is 9.00. The Balaban J connectivity index is 1.59. The summed E-state index contributed by atoms with van der Waals surface area (Å²) in [5.74, 6) is -1.18. The fourth-order valence-corrected chi connectivity index (χ4v) is 5.26. The monoisotopic (exact) mass is 574 g/mol. The number of nitrogens with one attached hydrogen (secondary N) is 2. The molecule has 1 aromatic heterocycles. The maximum Gasteiger partial charge on any atom is 0.262 e. The summed E-state index contributed by atoms with van der Waals surface area (Å²) in [5, 5.41) is 22.5. The molecule has 0 saturated carbocycles. The summed E-state index contributed by atoms with van der Waals surface area (Å²) >= 11 is 0. The summed E-state index contributed by atoms with van der Waals surface area (Å²) < 4.78 is 27.7. The molecule has 4 rings (SSSR count). The highest BCUT2D eigenvalue weighted by molar-refractivity contribution is 7.89. The van der Waals surface area contributed by atoms with Gasteiger partial charge in [-0.2, -0.15) is 0 Å². The molecule has 0 aliphatic heterocycles. The van der Waals surface area contributed by atoms with Crippen LogP contribution >= 0.6 is 0 Å². The number of carbonyl (C=O) groups is 2. The minimum absolute atomic E-state index is 0.00605. The normalized spacial score (nSPS) is 11.2. The molecular weight excluding hydrogens is 544 g/mol. The molecule has 2 amide bonds. The highest BCUT2D eigenvalue weighted by atomic mass is 32.2. The number of hydrogen-bond donors (Lipinski definition) is 4. The first kappa shape index (κ1) is 29.2. The lowest BCUT2D eigenvalue weighted by Gasteiger charge is -2.24. The second-order valence-corrected chi connectivity index (χ2v) is 11.1. The van der Waals surface area contributed by atoms with Crippen molar-refractivity contribution < 1.29 is 28.2 Å². The van der Waals surface area contributed by atoms with E-state index in [1.165, 1.54) is 36.2 Å². The number of carbonyl (C=O) groups excluding carboxylic acids is 2. The molecule has 4 aromatic rings. The highest BCUT2D eigenvalue weighted by Gasteiger charge is 2.22. The number of pyridine rings is 1. The number of nitrogens with zero attached hydrogens (tertiary/aromatic N) is 2. The van der Waals surface area contributed by atoms with E-state index >= 15 is 0 Å². The van der Waals surface area contributed by atoms with Crippen molar-refractivity contribution in [2.24, 2.45) is 0 Å². The molecule has 4 N–H and O–H groups in total. The van der Waals surface area contributed by atoms with Gasteiger partial charge in [0, 0.05) is 43.5 Å². The topological polar surface area (TPSA) is 149 Å². The van der Waals surface area contributed by atoms with Gasteiger partial charge in [-0.25, -0.2) is 13.1 Å². The first-order chi connectivity index (χ1) is 19.5. The second-order valence-electron chi connectivity index (χ2n) is 9.34. The smallest absolute Gasteiger partial charge is 0.262 e.